The Kier molecular flexibility index (Phi) is 2.75. The molecule has 0 aliphatic rings. The molecule has 0 aliphatic heterocycles. The van der Waals surface area contributed by atoms with E-state index in [4.69, 9.17) is 11.6 Å². The van der Waals surface area contributed by atoms with Gasteiger partial charge in [0.15, 0.2) is 0 Å². The number of hydrogen-bond acceptors (Lipinski definition) is 0. The molecule has 0 nitrogen and oxygen atoms in total. The van der Waals surface area contributed by atoms with Crippen molar-refractivity contribution < 1.29 is 0 Å². The van der Waals surface area contributed by atoms with Crippen molar-refractivity contribution in [3.63, 3.8) is 0 Å². The molecule has 0 spiro atoms. The average Bonchev–Trinajstić information content (AvgIpc) is 1.88. The molecular formula is C8H8BrCl. The van der Waals surface area contributed by atoms with Gasteiger partial charge in [-0.15, -0.1) is 0 Å². The molecule has 0 unspecified atom stereocenters. The highest BCUT2D eigenvalue weighted by molar-refractivity contribution is 9.10. The van der Waals surface area contributed by atoms with Gasteiger partial charge in [0.25, 0.3) is 0 Å². The zero-order valence-corrected chi connectivity index (χ0v) is 8.04. The standard InChI is InChI=1S/C8H8BrCl/c1-2-6-3-4-7(9)5-8(6)10/h3-5H,2H2,1H3. The van der Waals surface area contributed by atoms with E-state index in [2.05, 4.69) is 22.9 Å². The fourth-order valence-electron chi connectivity index (χ4n) is 0.808. The first-order valence-corrected chi connectivity index (χ1v) is 4.35. The SMILES string of the molecule is CCc1ccc(Br)cc1Cl. The molecule has 0 saturated heterocycles. The minimum Gasteiger partial charge on any atom is -0.0840 e. The lowest BCUT2D eigenvalue weighted by Crippen LogP contribution is -1.80. The van der Waals surface area contributed by atoms with Gasteiger partial charge in [-0.25, -0.2) is 0 Å². The molecule has 0 amide bonds. The van der Waals surface area contributed by atoms with E-state index < -0.39 is 0 Å². The highest BCUT2D eigenvalue weighted by Crippen LogP contribution is 2.21. The first kappa shape index (κ1) is 8.09. The summed E-state index contributed by atoms with van der Waals surface area (Å²) in [4.78, 5) is 0. The Hall–Kier alpha value is -0.0100. The van der Waals surface area contributed by atoms with Crippen molar-refractivity contribution in [3.8, 4) is 0 Å². The van der Waals surface area contributed by atoms with Crippen molar-refractivity contribution in [1.29, 1.82) is 0 Å². The first-order valence-electron chi connectivity index (χ1n) is 3.18. The fourth-order valence-corrected chi connectivity index (χ4v) is 1.62. The summed E-state index contributed by atoms with van der Waals surface area (Å²) in [5.74, 6) is 0. The van der Waals surface area contributed by atoms with E-state index in [0.29, 0.717) is 0 Å². The second-order valence-electron chi connectivity index (χ2n) is 2.09. The Labute approximate surface area is 74.3 Å². The molecule has 0 aromatic heterocycles. The van der Waals surface area contributed by atoms with Crippen molar-refractivity contribution in [1.82, 2.24) is 0 Å². The molecule has 1 aromatic rings. The van der Waals surface area contributed by atoms with E-state index in [9.17, 15) is 0 Å². The summed E-state index contributed by atoms with van der Waals surface area (Å²) in [6, 6.07) is 5.96. The lowest BCUT2D eigenvalue weighted by Gasteiger charge is -1.99. The van der Waals surface area contributed by atoms with E-state index in [1.807, 2.05) is 18.2 Å². The molecule has 0 saturated carbocycles. The molecule has 0 radical (unpaired) electrons. The maximum Gasteiger partial charge on any atom is 0.0449 e. The second kappa shape index (κ2) is 3.40. The third kappa shape index (κ3) is 1.74. The number of halogens is 2. The van der Waals surface area contributed by atoms with Gasteiger partial charge in [0.05, 0.1) is 0 Å². The van der Waals surface area contributed by atoms with Gasteiger partial charge in [0.1, 0.15) is 0 Å². The van der Waals surface area contributed by atoms with Crippen LogP contribution in [0.2, 0.25) is 5.02 Å². The minimum absolute atomic E-state index is 0.844. The molecule has 1 aromatic carbocycles. The van der Waals surface area contributed by atoms with Crippen molar-refractivity contribution in [2.24, 2.45) is 0 Å². The van der Waals surface area contributed by atoms with Crippen LogP contribution in [0, 0.1) is 0 Å². The molecule has 0 heterocycles. The zero-order valence-electron chi connectivity index (χ0n) is 5.70. The van der Waals surface area contributed by atoms with Gasteiger partial charge in [0.2, 0.25) is 0 Å². The van der Waals surface area contributed by atoms with Crippen molar-refractivity contribution in [2.45, 2.75) is 13.3 Å². The molecular weight excluding hydrogens is 211 g/mol. The molecule has 0 aliphatic carbocycles. The normalized spacial score (nSPS) is 9.90. The summed E-state index contributed by atoms with van der Waals surface area (Å²) in [5, 5.41) is 0.844. The van der Waals surface area contributed by atoms with Crippen LogP contribution >= 0.6 is 27.5 Å². The number of aryl methyl sites for hydroxylation is 1. The van der Waals surface area contributed by atoms with E-state index >= 15 is 0 Å². The predicted octanol–water partition coefficient (Wildman–Crippen LogP) is 3.66. The highest BCUT2D eigenvalue weighted by atomic mass is 79.9. The van der Waals surface area contributed by atoms with E-state index in [1.54, 1.807) is 0 Å². The molecule has 0 atom stereocenters. The Bertz CT molecular complexity index is 233. The Morgan fingerprint density at radius 2 is 2.20 bits per heavy atom. The molecule has 2 heteroatoms. The van der Waals surface area contributed by atoms with Crippen LogP contribution in [0.5, 0.6) is 0 Å². The maximum absolute atomic E-state index is 5.90. The lowest BCUT2D eigenvalue weighted by atomic mass is 10.2. The van der Waals surface area contributed by atoms with Gasteiger partial charge in [-0.2, -0.15) is 0 Å². The van der Waals surface area contributed by atoms with E-state index in [-0.39, 0.29) is 0 Å². The molecule has 0 bridgehead atoms. The Morgan fingerprint density at radius 3 is 2.70 bits per heavy atom. The van der Waals surface area contributed by atoms with E-state index in [0.717, 1.165) is 15.9 Å². The van der Waals surface area contributed by atoms with Gasteiger partial charge >= 0.3 is 0 Å². The van der Waals surface area contributed by atoms with Gasteiger partial charge < -0.3 is 0 Å². The second-order valence-corrected chi connectivity index (χ2v) is 3.41. The topological polar surface area (TPSA) is 0 Å². The summed E-state index contributed by atoms with van der Waals surface area (Å²) in [7, 11) is 0. The number of rotatable bonds is 1. The molecule has 54 valence electrons. The summed E-state index contributed by atoms with van der Waals surface area (Å²) >= 11 is 9.24. The van der Waals surface area contributed by atoms with E-state index in [1.165, 1.54) is 5.56 Å². The van der Waals surface area contributed by atoms with Crippen LogP contribution in [0.25, 0.3) is 0 Å². The minimum atomic E-state index is 0.844. The monoisotopic (exact) mass is 218 g/mol. The van der Waals surface area contributed by atoms with Crippen LogP contribution in [-0.4, -0.2) is 0 Å². The Balaban J connectivity index is 3.07. The fraction of sp³-hybridized carbons (Fsp3) is 0.250. The third-order valence-corrected chi connectivity index (χ3v) is 2.24. The Morgan fingerprint density at radius 1 is 1.50 bits per heavy atom. The molecule has 10 heavy (non-hydrogen) atoms. The first-order chi connectivity index (χ1) is 4.74. The van der Waals surface area contributed by atoms with Crippen LogP contribution in [0.1, 0.15) is 12.5 Å². The van der Waals surface area contributed by atoms with Crippen molar-refractivity contribution in [3.05, 3.63) is 33.3 Å². The van der Waals surface area contributed by atoms with Crippen LogP contribution in [0.15, 0.2) is 22.7 Å². The summed E-state index contributed by atoms with van der Waals surface area (Å²) < 4.78 is 1.04. The van der Waals surface area contributed by atoms with Crippen LogP contribution in [0.3, 0.4) is 0 Å². The summed E-state index contributed by atoms with van der Waals surface area (Å²) in [5.41, 5.74) is 1.20. The zero-order chi connectivity index (χ0) is 7.56. The van der Waals surface area contributed by atoms with Gasteiger partial charge in [0, 0.05) is 9.50 Å². The van der Waals surface area contributed by atoms with Crippen LogP contribution in [0.4, 0.5) is 0 Å². The van der Waals surface area contributed by atoms with Gasteiger partial charge in [-0.3, -0.25) is 0 Å². The van der Waals surface area contributed by atoms with Crippen molar-refractivity contribution >= 4 is 27.5 Å². The molecule has 0 N–H and O–H groups in total. The van der Waals surface area contributed by atoms with Crippen molar-refractivity contribution in [2.75, 3.05) is 0 Å². The third-order valence-electron chi connectivity index (χ3n) is 1.40. The van der Waals surface area contributed by atoms with Gasteiger partial charge in [-0.1, -0.05) is 40.5 Å². The lowest BCUT2D eigenvalue weighted by molar-refractivity contribution is 1.14. The summed E-state index contributed by atoms with van der Waals surface area (Å²) in [6.07, 6.45) is 0.992. The number of benzene rings is 1. The van der Waals surface area contributed by atoms with Crippen LogP contribution < -0.4 is 0 Å². The molecule has 0 fully saturated rings. The predicted molar refractivity (Wildman–Crippen MR) is 48.5 cm³/mol. The quantitative estimate of drug-likeness (QED) is 0.676. The number of hydrogen-bond donors (Lipinski definition) is 0. The maximum atomic E-state index is 5.90. The average molecular weight is 220 g/mol. The smallest absolute Gasteiger partial charge is 0.0449 e. The van der Waals surface area contributed by atoms with Gasteiger partial charge in [-0.05, 0) is 24.1 Å². The highest BCUT2D eigenvalue weighted by Gasteiger charge is 1.96. The van der Waals surface area contributed by atoms with Crippen LogP contribution in [-0.2, 0) is 6.42 Å². The summed E-state index contributed by atoms with van der Waals surface area (Å²) in [6.45, 7) is 2.09. The molecule has 1 rings (SSSR count). The largest absolute Gasteiger partial charge is 0.0840 e.